The van der Waals surface area contributed by atoms with Crippen LogP contribution < -0.4 is 0 Å². The average molecular weight is 411 g/mol. The van der Waals surface area contributed by atoms with E-state index in [1.807, 2.05) is 0 Å². The van der Waals surface area contributed by atoms with Gasteiger partial charge in [-0.2, -0.15) is 0 Å². The summed E-state index contributed by atoms with van der Waals surface area (Å²) in [5.41, 5.74) is 7.15. The summed E-state index contributed by atoms with van der Waals surface area (Å²) in [7, 11) is 0. The van der Waals surface area contributed by atoms with E-state index in [2.05, 4.69) is 53.0 Å². The summed E-state index contributed by atoms with van der Waals surface area (Å²) in [4.78, 5) is 0. The van der Waals surface area contributed by atoms with Gasteiger partial charge in [0.15, 0.2) is 0 Å². The highest BCUT2D eigenvalue weighted by Gasteiger charge is 2.59. The van der Waals surface area contributed by atoms with Gasteiger partial charge in [0.2, 0.25) is 0 Å². The quantitative estimate of drug-likeness (QED) is 0.363. The average Bonchev–Trinajstić information content (AvgIpc) is 3.06. The van der Waals surface area contributed by atoms with Crippen molar-refractivity contribution >= 4 is 0 Å². The van der Waals surface area contributed by atoms with Crippen LogP contribution in [0.1, 0.15) is 98.8 Å². The fourth-order valence-corrected chi connectivity index (χ4v) is 8.78. The molecule has 1 heteroatoms. The molecular weight excluding hydrogens is 364 g/mol. The van der Waals surface area contributed by atoms with Crippen LogP contribution in [0.5, 0.6) is 0 Å². The van der Waals surface area contributed by atoms with E-state index in [1.54, 1.807) is 5.57 Å². The van der Waals surface area contributed by atoms with Crippen molar-refractivity contribution in [1.29, 1.82) is 0 Å². The molecule has 3 fully saturated rings. The maximum atomic E-state index is 10.2. The van der Waals surface area contributed by atoms with E-state index in [1.165, 1.54) is 56.9 Å². The molecule has 0 saturated heterocycles. The molecule has 4 aliphatic carbocycles. The largest absolute Gasteiger partial charge is 0.393 e. The molecule has 4 rings (SSSR count). The minimum Gasteiger partial charge on any atom is -0.393 e. The smallest absolute Gasteiger partial charge is 0.0577 e. The van der Waals surface area contributed by atoms with E-state index in [0.29, 0.717) is 16.7 Å². The minimum atomic E-state index is -0.0909. The van der Waals surface area contributed by atoms with Crippen molar-refractivity contribution in [3.8, 4) is 0 Å². The summed E-state index contributed by atoms with van der Waals surface area (Å²) in [6.07, 6.45) is 15.1. The van der Waals surface area contributed by atoms with Gasteiger partial charge in [-0.1, -0.05) is 52.8 Å². The monoisotopic (exact) mass is 410 g/mol. The number of fused-ring (bicyclic) bond motifs is 5. The fraction of sp³-hybridized carbons (Fsp3) is 0.828. The predicted molar refractivity (Wildman–Crippen MR) is 127 cm³/mol. The summed E-state index contributed by atoms with van der Waals surface area (Å²) in [5, 5.41) is 10.2. The molecule has 0 aromatic carbocycles. The first kappa shape index (κ1) is 22.4. The second-order valence-electron chi connectivity index (χ2n) is 12.3. The van der Waals surface area contributed by atoms with Crippen LogP contribution in [0.2, 0.25) is 0 Å². The Labute approximate surface area is 186 Å². The van der Waals surface area contributed by atoms with Crippen LogP contribution in [0.4, 0.5) is 0 Å². The Hall–Kier alpha value is -0.780. The van der Waals surface area contributed by atoms with Crippen LogP contribution in [0.15, 0.2) is 29.5 Å². The lowest BCUT2D eigenvalue weighted by Crippen LogP contribution is -2.50. The number of allylic oxidation sites excluding steroid dienone is 2. The van der Waals surface area contributed by atoms with Crippen molar-refractivity contribution in [2.45, 2.75) is 105 Å². The summed E-state index contributed by atoms with van der Waals surface area (Å²) in [6, 6.07) is 0. The van der Waals surface area contributed by atoms with Crippen LogP contribution in [0, 0.1) is 46.3 Å². The van der Waals surface area contributed by atoms with E-state index in [0.717, 1.165) is 42.4 Å². The van der Waals surface area contributed by atoms with Gasteiger partial charge in [0.25, 0.3) is 0 Å². The van der Waals surface area contributed by atoms with Crippen LogP contribution in [0.25, 0.3) is 0 Å². The molecule has 3 saturated carbocycles. The molecule has 0 heterocycles. The summed E-state index contributed by atoms with van der Waals surface area (Å²) >= 11 is 0. The highest BCUT2D eigenvalue weighted by atomic mass is 16.3. The van der Waals surface area contributed by atoms with E-state index in [9.17, 15) is 5.11 Å². The second-order valence-corrected chi connectivity index (χ2v) is 12.3. The number of hydrogen-bond donors (Lipinski definition) is 1. The lowest BCUT2D eigenvalue weighted by Gasteiger charge is -2.58. The molecule has 168 valence electrons. The van der Waals surface area contributed by atoms with Crippen molar-refractivity contribution < 1.29 is 5.11 Å². The molecule has 0 radical (unpaired) electrons. The predicted octanol–water partition coefficient (Wildman–Crippen LogP) is 7.71. The first-order valence-corrected chi connectivity index (χ1v) is 13.0. The normalized spacial score (nSPS) is 43.8. The highest BCUT2D eigenvalue weighted by molar-refractivity contribution is 5.25. The van der Waals surface area contributed by atoms with Crippen LogP contribution in [0.3, 0.4) is 0 Å². The fourth-order valence-electron chi connectivity index (χ4n) is 8.78. The van der Waals surface area contributed by atoms with Gasteiger partial charge in [0.1, 0.15) is 0 Å². The van der Waals surface area contributed by atoms with Crippen LogP contribution in [-0.4, -0.2) is 11.2 Å². The Morgan fingerprint density at radius 2 is 1.90 bits per heavy atom. The Morgan fingerprint density at radius 1 is 1.13 bits per heavy atom. The Bertz CT molecular complexity index is 725. The standard InChI is InChI=1S/C29H46O/c1-7-21(19(2)3)9-8-20(4)25-12-13-26-24-11-10-22-18-23(30)14-16-28(22,5)27(24)15-17-29(25,26)6/h10,19-20,23-27,30H,1,8-9,11-18H2,2-6H3. The molecule has 0 amide bonds. The molecule has 30 heavy (non-hydrogen) atoms. The molecule has 0 aromatic heterocycles. The molecule has 0 aliphatic heterocycles. The lowest BCUT2D eigenvalue weighted by molar-refractivity contribution is -0.0571. The van der Waals surface area contributed by atoms with Crippen molar-refractivity contribution in [3.05, 3.63) is 29.5 Å². The van der Waals surface area contributed by atoms with E-state index in [-0.39, 0.29) is 6.10 Å². The van der Waals surface area contributed by atoms with Gasteiger partial charge in [-0.05, 0) is 116 Å². The first-order chi connectivity index (χ1) is 14.2. The Balaban J connectivity index is 1.49. The number of rotatable bonds is 5. The summed E-state index contributed by atoms with van der Waals surface area (Å²) in [5.74, 6) is 4.90. The third kappa shape index (κ3) is 3.59. The van der Waals surface area contributed by atoms with Gasteiger partial charge in [0, 0.05) is 0 Å². The molecule has 0 aromatic rings. The number of hydrogen-bond acceptors (Lipinski definition) is 1. The molecule has 1 nitrogen and oxygen atoms in total. The summed E-state index contributed by atoms with van der Waals surface area (Å²) in [6.45, 7) is 16.3. The van der Waals surface area contributed by atoms with Gasteiger partial charge in [-0.25, -0.2) is 0 Å². The SMILES string of the molecule is C=C=C(CCC(C)C1CCC2C3CC=C4CC(O)CCC4(C)C3CCC12C)C(C)C. The van der Waals surface area contributed by atoms with Crippen molar-refractivity contribution in [3.63, 3.8) is 0 Å². The van der Waals surface area contributed by atoms with Crippen molar-refractivity contribution in [1.82, 2.24) is 0 Å². The molecule has 0 spiro atoms. The lowest BCUT2D eigenvalue weighted by atomic mass is 9.47. The molecule has 1 N–H and O–H groups in total. The maximum Gasteiger partial charge on any atom is 0.0577 e. The topological polar surface area (TPSA) is 20.2 Å². The molecular formula is C29H46O. The third-order valence-electron chi connectivity index (χ3n) is 10.6. The van der Waals surface area contributed by atoms with E-state index < -0.39 is 0 Å². The number of aliphatic hydroxyl groups excluding tert-OH is 1. The van der Waals surface area contributed by atoms with Gasteiger partial charge in [-0.15, -0.1) is 5.73 Å². The zero-order chi connectivity index (χ0) is 21.7. The Morgan fingerprint density at radius 3 is 2.60 bits per heavy atom. The molecule has 4 aliphatic rings. The Kier molecular flexibility index (Phi) is 6.19. The molecule has 0 bridgehead atoms. The van der Waals surface area contributed by atoms with Crippen molar-refractivity contribution in [2.75, 3.05) is 0 Å². The van der Waals surface area contributed by atoms with Gasteiger partial charge in [-0.3, -0.25) is 0 Å². The van der Waals surface area contributed by atoms with E-state index in [4.69, 9.17) is 0 Å². The maximum absolute atomic E-state index is 10.2. The number of aliphatic hydroxyl groups is 1. The van der Waals surface area contributed by atoms with Gasteiger partial charge in [0.05, 0.1) is 6.10 Å². The molecule has 8 unspecified atom stereocenters. The van der Waals surface area contributed by atoms with Crippen molar-refractivity contribution in [2.24, 2.45) is 46.3 Å². The molecule has 8 atom stereocenters. The minimum absolute atomic E-state index is 0.0909. The van der Waals surface area contributed by atoms with Crippen LogP contribution in [-0.2, 0) is 0 Å². The first-order valence-electron chi connectivity index (χ1n) is 13.0. The van der Waals surface area contributed by atoms with E-state index >= 15 is 0 Å². The third-order valence-corrected chi connectivity index (χ3v) is 10.6. The van der Waals surface area contributed by atoms with Gasteiger partial charge >= 0.3 is 0 Å². The second kappa shape index (κ2) is 8.29. The highest BCUT2D eigenvalue weighted by Crippen LogP contribution is 2.67. The zero-order valence-corrected chi connectivity index (χ0v) is 20.3. The van der Waals surface area contributed by atoms with Gasteiger partial charge < -0.3 is 5.11 Å². The van der Waals surface area contributed by atoms with Crippen LogP contribution >= 0.6 is 0 Å². The zero-order valence-electron chi connectivity index (χ0n) is 20.3. The summed E-state index contributed by atoms with van der Waals surface area (Å²) < 4.78 is 0.